The van der Waals surface area contributed by atoms with Gasteiger partial charge in [-0.15, -0.1) is 0 Å². The third-order valence-electron chi connectivity index (χ3n) is 6.08. The molecule has 3 aliphatic rings. The van der Waals surface area contributed by atoms with Gasteiger partial charge in [-0.3, -0.25) is 9.78 Å². The Labute approximate surface area is 214 Å². The molecule has 0 aliphatic carbocycles. The SMILES string of the molecule is Cc1cc2nc3c(=O)[nH]c(=O)nc-3n(CCN3CCC(NS(C)(=O)=O)CC3)c2cc1C.O=C(O)C(F)(F)F. The number of carboxylic acid groups (broad SMARTS) is 1. The van der Waals surface area contributed by atoms with Gasteiger partial charge < -0.3 is 14.6 Å². The minimum atomic E-state index is -5.08. The number of sulfonamides is 1. The van der Waals surface area contributed by atoms with E-state index in [2.05, 4.69) is 24.6 Å². The fourth-order valence-electron chi connectivity index (χ4n) is 4.09. The van der Waals surface area contributed by atoms with Crippen LogP contribution < -0.4 is 16.0 Å². The second-order valence-corrected chi connectivity index (χ2v) is 10.8. The Morgan fingerprint density at radius 1 is 1.13 bits per heavy atom. The zero-order valence-electron chi connectivity index (χ0n) is 20.8. The average Bonchev–Trinajstić information content (AvgIpc) is 2.78. The van der Waals surface area contributed by atoms with Crippen molar-refractivity contribution in [1.82, 2.24) is 29.1 Å². The van der Waals surface area contributed by atoms with Crippen molar-refractivity contribution < 1.29 is 31.5 Å². The molecule has 3 aliphatic heterocycles. The Balaban J connectivity index is 0.000000505. The number of aromatic nitrogens is 4. The van der Waals surface area contributed by atoms with Crippen LogP contribution in [0.2, 0.25) is 0 Å². The van der Waals surface area contributed by atoms with Gasteiger partial charge in [0.2, 0.25) is 10.0 Å². The van der Waals surface area contributed by atoms with Crippen LogP contribution in [0.25, 0.3) is 22.6 Å². The van der Waals surface area contributed by atoms with Crippen molar-refractivity contribution in [2.24, 2.45) is 0 Å². The molecule has 0 bridgehead atoms. The van der Waals surface area contributed by atoms with Crippen molar-refractivity contribution in [2.45, 2.75) is 45.5 Å². The maximum Gasteiger partial charge on any atom is 0.490 e. The number of hydrogen-bond acceptors (Lipinski definition) is 8. The van der Waals surface area contributed by atoms with Crippen LogP contribution in [0.15, 0.2) is 21.7 Å². The number of aryl methyl sites for hydroxylation is 2. The first-order chi connectivity index (χ1) is 17.5. The van der Waals surface area contributed by atoms with Crippen LogP contribution in [0.5, 0.6) is 0 Å². The zero-order chi connectivity index (χ0) is 28.4. The first-order valence-electron chi connectivity index (χ1n) is 11.5. The van der Waals surface area contributed by atoms with Crippen LogP contribution in [0.3, 0.4) is 0 Å². The number of fused-ring (bicyclic) bond motifs is 2. The van der Waals surface area contributed by atoms with Crippen molar-refractivity contribution in [3.8, 4) is 11.5 Å². The Bertz CT molecular complexity index is 1530. The quantitative estimate of drug-likeness (QED) is 0.383. The summed E-state index contributed by atoms with van der Waals surface area (Å²) in [5.74, 6) is -2.48. The summed E-state index contributed by atoms with van der Waals surface area (Å²) in [6.07, 6.45) is -2.44. The highest BCUT2D eigenvalue weighted by molar-refractivity contribution is 7.88. The van der Waals surface area contributed by atoms with Gasteiger partial charge in [-0.05, 0) is 63.0 Å². The van der Waals surface area contributed by atoms with Gasteiger partial charge >= 0.3 is 17.8 Å². The van der Waals surface area contributed by atoms with E-state index in [4.69, 9.17) is 9.90 Å². The van der Waals surface area contributed by atoms with E-state index in [1.807, 2.05) is 30.5 Å². The molecule has 0 atom stereocenters. The summed E-state index contributed by atoms with van der Waals surface area (Å²) in [5, 5.41) is 7.12. The van der Waals surface area contributed by atoms with Gasteiger partial charge in [-0.1, -0.05) is 0 Å². The summed E-state index contributed by atoms with van der Waals surface area (Å²) < 4.78 is 59.2. The maximum atomic E-state index is 12.4. The van der Waals surface area contributed by atoms with E-state index >= 15 is 0 Å². The molecule has 4 rings (SSSR count). The predicted octanol–water partition coefficient (Wildman–Crippen LogP) is 0.848. The Morgan fingerprint density at radius 3 is 2.26 bits per heavy atom. The third-order valence-corrected chi connectivity index (χ3v) is 6.84. The number of halogens is 3. The number of piperidine rings is 1. The number of carbonyl (C=O) groups is 1. The minimum Gasteiger partial charge on any atom is -0.475 e. The fraction of sp³-hybridized carbons (Fsp3) is 0.500. The highest BCUT2D eigenvalue weighted by Gasteiger charge is 2.38. The number of benzene rings is 1. The van der Waals surface area contributed by atoms with Gasteiger partial charge in [0.05, 0.1) is 17.3 Å². The van der Waals surface area contributed by atoms with Gasteiger partial charge in [0.25, 0.3) is 5.56 Å². The molecule has 0 aromatic heterocycles. The Morgan fingerprint density at radius 2 is 1.71 bits per heavy atom. The van der Waals surface area contributed by atoms with Crippen LogP contribution in [0.4, 0.5) is 13.2 Å². The van der Waals surface area contributed by atoms with Gasteiger partial charge in [-0.25, -0.2) is 27.7 Å². The van der Waals surface area contributed by atoms with E-state index in [-0.39, 0.29) is 17.6 Å². The van der Waals surface area contributed by atoms with E-state index in [0.717, 1.165) is 42.6 Å². The molecule has 1 aromatic rings. The van der Waals surface area contributed by atoms with E-state index in [9.17, 15) is 31.2 Å². The smallest absolute Gasteiger partial charge is 0.475 e. The lowest BCUT2D eigenvalue weighted by molar-refractivity contribution is -0.192. The first-order valence-corrected chi connectivity index (χ1v) is 13.4. The van der Waals surface area contributed by atoms with E-state index in [1.165, 1.54) is 6.26 Å². The molecule has 3 heterocycles. The number of alkyl halides is 3. The van der Waals surface area contributed by atoms with Crippen LogP contribution >= 0.6 is 0 Å². The van der Waals surface area contributed by atoms with Gasteiger partial charge in [0.1, 0.15) is 0 Å². The number of aliphatic carboxylic acids is 1. The van der Waals surface area contributed by atoms with E-state index in [0.29, 0.717) is 18.6 Å². The van der Waals surface area contributed by atoms with Gasteiger partial charge in [0.15, 0.2) is 11.5 Å². The molecular weight excluding hydrogens is 533 g/mol. The normalized spacial score (nSPS) is 15.4. The summed E-state index contributed by atoms with van der Waals surface area (Å²) in [4.78, 5) is 46.1. The number of aromatic amines is 1. The third kappa shape index (κ3) is 7.35. The molecule has 208 valence electrons. The lowest BCUT2D eigenvalue weighted by atomic mass is 10.1. The second-order valence-electron chi connectivity index (χ2n) is 9.04. The zero-order valence-corrected chi connectivity index (χ0v) is 21.6. The number of carboxylic acids is 1. The summed E-state index contributed by atoms with van der Waals surface area (Å²) >= 11 is 0. The molecule has 0 amide bonds. The number of nitrogens with one attached hydrogen (secondary N) is 2. The topological polar surface area (TPSA) is 167 Å². The number of rotatable bonds is 5. The van der Waals surface area contributed by atoms with Crippen LogP contribution in [-0.4, -0.2) is 82.0 Å². The van der Waals surface area contributed by atoms with Gasteiger partial charge in [0, 0.05) is 19.1 Å². The molecule has 38 heavy (non-hydrogen) atoms. The molecule has 3 N–H and O–H groups in total. The highest BCUT2D eigenvalue weighted by atomic mass is 32.2. The molecule has 1 saturated heterocycles. The highest BCUT2D eigenvalue weighted by Crippen LogP contribution is 2.24. The fourth-order valence-corrected chi connectivity index (χ4v) is 4.94. The predicted molar refractivity (Wildman–Crippen MR) is 132 cm³/mol. The number of nitrogens with zero attached hydrogens (tertiary/aromatic N) is 4. The van der Waals surface area contributed by atoms with Crippen LogP contribution in [0.1, 0.15) is 24.0 Å². The monoisotopic (exact) mass is 560 g/mol. The largest absolute Gasteiger partial charge is 0.490 e. The van der Waals surface area contributed by atoms with Gasteiger partial charge in [-0.2, -0.15) is 18.2 Å². The van der Waals surface area contributed by atoms with Crippen molar-refractivity contribution in [3.63, 3.8) is 0 Å². The minimum absolute atomic E-state index is 0.0460. The summed E-state index contributed by atoms with van der Waals surface area (Å²) in [5.41, 5.74) is 2.56. The van der Waals surface area contributed by atoms with Crippen molar-refractivity contribution in [1.29, 1.82) is 0 Å². The molecule has 0 spiro atoms. The number of likely N-dealkylation sites (tertiary alicyclic amines) is 1. The number of hydrogen-bond donors (Lipinski definition) is 3. The second kappa shape index (κ2) is 11.2. The molecule has 0 unspecified atom stereocenters. The molecule has 1 aromatic carbocycles. The summed E-state index contributed by atoms with van der Waals surface area (Å²) in [6.45, 7) is 6.72. The molecule has 12 nitrogen and oxygen atoms in total. The lowest BCUT2D eigenvalue weighted by Gasteiger charge is -2.32. The van der Waals surface area contributed by atoms with Crippen LogP contribution in [-0.2, 0) is 21.4 Å². The average molecular weight is 561 g/mol. The van der Waals surface area contributed by atoms with Crippen LogP contribution in [0, 0.1) is 13.8 Å². The van der Waals surface area contributed by atoms with E-state index < -0.39 is 33.4 Å². The lowest BCUT2D eigenvalue weighted by Crippen LogP contribution is -2.45. The molecule has 0 radical (unpaired) electrons. The standard InChI is InChI=1S/C20H26N6O4S.C2HF3O2/c1-12-10-15-16(11-13(12)2)26(18-17(21-15)19(27)23-20(28)22-18)9-8-25-6-4-14(5-7-25)24-31(3,29)30;3-2(4,5)1(6)7/h10-11,14,24H,4-9H2,1-3H3,(H,23,27,28);(H,6,7). The molecule has 1 fully saturated rings. The van der Waals surface area contributed by atoms with Crippen molar-refractivity contribution in [3.05, 3.63) is 44.1 Å². The molecule has 0 saturated carbocycles. The first kappa shape index (κ1) is 29.2. The number of H-pyrrole nitrogens is 1. The van der Waals surface area contributed by atoms with Crippen molar-refractivity contribution >= 4 is 27.0 Å². The summed E-state index contributed by atoms with van der Waals surface area (Å²) in [7, 11) is -3.21. The Hall–Kier alpha value is -3.37. The molecule has 16 heteroatoms. The molecular formula is C22H27F3N6O6S. The van der Waals surface area contributed by atoms with Crippen molar-refractivity contribution in [2.75, 3.05) is 25.9 Å². The maximum absolute atomic E-state index is 12.4. The Kier molecular flexibility index (Phi) is 8.58. The summed E-state index contributed by atoms with van der Waals surface area (Å²) in [6, 6.07) is 3.90. The van der Waals surface area contributed by atoms with E-state index in [1.54, 1.807) is 0 Å².